The van der Waals surface area contributed by atoms with Gasteiger partial charge in [0.05, 0.1) is 0 Å². The van der Waals surface area contributed by atoms with Gasteiger partial charge in [-0.2, -0.15) is 0 Å². The zero-order valence-electron chi connectivity index (χ0n) is 5.33. The van der Waals surface area contributed by atoms with Crippen LogP contribution < -0.4 is 5.10 Å². The second kappa shape index (κ2) is 4.66. The Labute approximate surface area is 82.4 Å². The summed E-state index contributed by atoms with van der Waals surface area (Å²) in [6, 6.07) is 7.60. The van der Waals surface area contributed by atoms with E-state index >= 15 is 0 Å². The van der Waals surface area contributed by atoms with E-state index in [9.17, 15) is 0 Å². The van der Waals surface area contributed by atoms with Gasteiger partial charge in [-0.15, -0.1) is 0 Å². The van der Waals surface area contributed by atoms with E-state index in [0.717, 1.165) is 11.0 Å². The molecule has 0 amide bonds. The summed E-state index contributed by atoms with van der Waals surface area (Å²) in [6.45, 7) is 0. The van der Waals surface area contributed by atoms with Crippen molar-refractivity contribution in [3.8, 4) is 0 Å². The van der Waals surface area contributed by atoms with E-state index in [4.69, 9.17) is 0 Å². The fraction of sp³-hybridized carbons (Fsp3) is 0. The van der Waals surface area contributed by atoms with E-state index in [1.165, 1.54) is 0 Å². The van der Waals surface area contributed by atoms with Crippen molar-refractivity contribution in [1.29, 1.82) is 0 Å². The predicted octanol–water partition coefficient (Wildman–Crippen LogP) is 1.43. The maximum absolute atomic E-state index is 3.76. The number of hydrogen-bond donors (Lipinski definition) is 0. The molecule has 2 rings (SSSR count). The van der Waals surface area contributed by atoms with E-state index in [1.54, 1.807) is 0 Å². The Hall–Kier alpha value is -0.160. The van der Waals surface area contributed by atoms with Gasteiger partial charge < -0.3 is 10.2 Å². The van der Waals surface area contributed by atoms with Gasteiger partial charge in [0.15, 0.2) is 0 Å². The molecule has 0 fully saturated rings. The van der Waals surface area contributed by atoms with Crippen molar-refractivity contribution in [3.05, 3.63) is 24.3 Å². The van der Waals surface area contributed by atoms with Crippen molar-refractivity contribution >= 4 is 24.1 Å². The molecule has 0 aliphatic rings. The van der Waals surface area contributed by atoms with Crippen LogP contribution in [-0.4, -0.2) is 10.3 Å². The topological polar surface area (TPSA) is 39.9 Å². The van der Waals surface area contributed by atoms with Gasteiger partial charge in [0.2, 0.25) is 0 Å². The Kier molecular flexibility index (Phi) is 3.79. The Balaban J connectivity index is 0.000000281. The fourth-order valence-electron chi connectivity index (χ4n) is 0.752. The van der Waals surface area contributed by atoms with E-state index < -0.39 is 0 Å². The molecule has 5 heteroatoms. The van der Waals surface area contributed by atoms with Gasteiger partial charge in [-0.3, -0.25) is 5.21 Å². The summed E-state index contributed by atoms with van der Waals surface area (Å²) in [5.41, 5.74) is 1.72. The Bertz CT molecular complexity index is 292. The standard InChI is InChI=1S/C6H4N3.Ag.BrH/c1-2-4-6-5(3-1)7-9-8-6;;/h1-4H;;1H/q-1;+1;/p-1. The molecule has 1 heterocycles. The number of fused-ring (bicyclic) bond motifs is 1. The maximum atomic E-state index is 3.76. The van der Waals surface area contributed by atoms with Gasteiger partial charge in [0.25, 0.3) is 0 Å². The largest absolute Gasteiger partial charge is 0.350 e. The molecule has 0 aliphatic carbocycles. The smallest absolute Gasteiger partial charge is 0.0209 e. The first-order chi connectivity index (χ1) is 5.47. The van der Waals surface area contributed by atoms with Gasteiger partial charge in [-0.1, -0.05) is 24.3 Å². The van der Waals surface area contributed by atoms with Crippen LogP contribution in [0.1, 0.15) is 0 Å². The molecule has 0 bridgehead atoms. The first-order valence-electron chi connectivity index (χ1n) is 2.79. The van der Waals surface area contributed by atoms with E-state index in [0.29, 0.717) is 0 Å². The molecule has 62 valence electrons. The molecule has 0 saturated heterocycles. The van der Waals surface area contributed by atoms with Crippen molar-refractivity contribution in [2.75, 3.05) is 0 Å². The summed E-state index contributed by atoms with van der Waals surface area (Å²) in [5, 5.41) is 11.0. The van der Waals surface area contributed by atoms with Crippen molar-refractivity contribution in [2.24, 2.45) is 0 Å². The zero-order valence-corrected chi connectivity index (χ0v) is 8.40. The number of benzene rings is 1. The molecule has 0 radical (unpaired) electrons. The van der Waals surface area contributed by atoms with Gasteiger partial charge in [-0.25, -0.2) is 0 Å². The van der Waals surface area contributed by atoms with Crippen LogP contribution in [0.15, 0.2) is 24.3 Å². The minimum Gasteiger partial charge on any atom is -0.350 e. The quantitative estimate of drug-likeness (QED) is 0.691. The van der Waals surface area contributed by atoms with Crippen LogP contribution >= 0.6 is 13.0 Å². The first-order valence-corrected chi connectivity index (χ1v) is 6.18. The molecule has 0 spiro atoms. The van der Waals surface area contributed by atoms with Crippen LogP contribution in [0.2, 0.25) is 0 Å². The zero-order chi connectivity index (χ0) is 8.10. The summed E-state index contributed by atoms with van der Waals surface area (Å²) in [6.07, 6.45) is 0. The molecule has 0 N–H and O–H groups in total. The van der Waals surface area contributed by atoms with Crippen molar-refractivity contribution < 1.29 is 18.9 Å². The number of rotatable bonds is 0. The van der Waals surface area contributed by atoms with E-state index in [-0.39, 0.29) is 0 Å². The van der Waals surface area contributed by atoms with Crippen LogP contribution in [0, 0.1) is 0 Å². The minimum atomic E-state index is 0.859. The van der Waals surface area contributed by atoms with Crippen molar-refractivity contribution in [2.45, 2.75) is 0 Å². The van der Waals surface area contributed by atoms with Gasteiger partial charge in [0.1, 0.15) is 0 Å². The van der Waals surface area contributed by atoms with Crippen LogP contribution in [-0.2, 0) is 18.9 Å². The summed E-state index contributed by atoms with van der Waals surface area (Å²) in [4.78, 5) is 0. The van der Waals surface area contributed by atoms with Crippen molar-refractivity contribution in [3.63, 3.8) is 0 Å². The SMILES string of the molecule is [Br][Ag].c1ccc2[n-]nnc2c1. The van der Waals surface area contributed by atoms with Crippen LogP contribution in [0.4, 0.5) is 0 Å². The third kappa shape index (κ3) is 2.13. The third-order valence-electron chi connectivity index (χ3n) is 1.19. The monoisotopic (exact) mass is 304 g/mol. The molecular weight excluding hydrogens is 302 g/mol. The number of nitrogens with zero attached hydrogens (tertiary/aromatic N) is 3. The second-order valence-electron chi connectivity index (χ2n) is 1.78. The third-order valence-corrected chi connectivity index (χ3v) is 1.19. The van der Waals surface area contributed by atoms with Crippen LogP contribution in [0.3, 0.4) is 0 Å². The van der Waals surface area contributed by atoms with Gasteiger partial charge >= 0.3 is 32.0 Å². The molecule has 0 atom stereocenters. The second-order valence-corrected chi connectivity index (χ2v) is 1.78. The van der Waals surface area contributed by atoms with E-state index in [1.807, 2.05) is 24.3 Å². The first kappa shape index (κ1) is 8.93. The fourth-order valence-corrected chi connectivity index (χ4v) is 0.752. The average Bonchev–Trinajstić information content (AvgIpc) is 2.55. The minimum absolute atomic E-state index is 0.859. The summed E-state index contributed by atoms with van der Waals surface area (Å²) >= 11 is 5.51. The summed E-state index contributed by atoms with van der Waals surface area (Å²) in [7, 11) is 0. The number of halogens is 1. The summed E-state index contributed by atoms with van der Waals surface area (Å²) < 4.78 is 0. The molecular formula is C6H4AgBrN3-. The number of aromatic nitrogens is 3. The van der Waals surface area contributed by atoms with Gasteiger partial charge in [0, 0.05) is 0 Å². The molecule has 0 saturated carbocycles. The summed E-state index contributed by atoms with van der Waals surface area (Å²) in [5.74, 6) is 0. The Morgan fingerprint density at radius 1 is 1.27 bits per heavy atom. The number of hydrogen-bond acceptors (Lipinski definition) is 2. The molecule has 1 aromatic heterocycles. The van der Waals surface area contributed by atoms with Crippen LogP contribution in [0.25, 0.3) is 11.0 Å². The Morgan fingerprint density at radius 3 is 2.73 bits per heavy atom. The average molecular weight is 306 g/mol. The maximum Gasteiger partial charge on any atom is -0.0209 e. The normalized spacial score (nSPS) is 9.00. The van der Waals surface area contributed by atoms with Crippen molar-refractivity contribution in [1.82, 2.24) is 15.4 Å². The van der Waals surface area contributed by atoms with E-state index in [2.05, 4.69) is 47.4 Å². The molecule has 0 aliphatic heterocycles. The van der Waals surface area contributed by atoms with Crippen LogP contribution in [0.5, 0.6) is 0 Å². The Morgan fingerprint density at radius 2 is 2.00 bits per heavy atom. The van der Waals surface area contributed by atoms with Gasteiger partial charge in [-0.05, 0) is 11.0 Å². The molecule has 2 aromatic rings. The molecule has 11 heavy (non-hydrogen) atoms. The predicted molar refractivity (Wildman–Crippen MR) is 41.8 cm³/mol. The molecule has 3 nitrogen and oxygen atoms in total. The molecule has 0 unspecified atom stereocenters. The molecule has 1 aromatic carbocycles.